The summed E-state index contributed by atoms with van der Waals surface area (Å²) in [5.74, 6) is -2.08. The van der Waals surface area contributed by atoms with E-state index in [4.69, 9.17) is 14.8 Å². The van der Waals surface area contributed by atoms with Crippen molar-refractivity contribution in [2.75, 3.05) is 18.9 Å². The van der Waals surface area contributed by atoms with Crippen LogP contribution in [0.2, 0.25) is 0 Å². The summed E-state index contributed by atoms with van der Waals surface area (Å²) in [4.78, 5) is 44.1. The van der Waals surface area contributed by atoms with Crippen LogP contribution < -0.4 is 5.32 Å². The number of rotatable bonds is 6. The van der Waals surface area contributed by atoms with Crippen LogP contribution in [0.1, 0.15) is 45.3 Å². The molecule has 1 aliphatic heterocycles. The number of aromatic nitrogens is 1. The fraction of sp³-hybridized carbons (Fsp3) is 0.280. The number of likely N-dealkylation sites (N-methyl/N-ethyl adjacent to an activating group) is 1. The monoisotopic (exact) mass is 447 g/mol. The third kappa shape index (κ3) is 4.70. The fourth-order valence-electron chi connectivity index (χ4n) is 3.99. The molecule has 33 heavy (non-hydrogen) atoms. The Morgan fingerprint density at radius 2 is 1.88 bits per heavy atom. The van der Waals surface area contributed by atoms with E-state index in [2.05, 4.69) is 10.2 Å². The van der Waals surface area contributed by atoms with Crippen LogP contribution in [0.15, 0.2) is 48.5 Å². The molecule has 0 radical (unpaired) electrons. The number of anilines is 1. The summed E-state index contributed by atoms with van der Waals surface area (Å²) >= 11 is 0. The van der Waals surface area contributed by atoms with Gasteiger partial charge in [-0.1, -0.05) is 25.1 Å². The number of nitrogens with one attached hydrogen (secondary N) is 1. The second-order valence-corrected chi connectivity index (χ2v) is 8.09. The molecule has 1 aromatic heterocycles. The van der Waals surface area contributed by atoms with Gasteiger partial charge in [0.1, 0.15) is 0 Å². The largest absolute Gasteiger partial charge is 0.478 e. The number of esters is 1. The number of carboxylic acids is 1. The normalized spacial score (nSPS) is 14.4. The quantitative estimate of drug-likeness (QED) is 0.557. The minimum Gasteiger partial charge on any atom is -0.478 e. The molecule has 2 N–H and O–H groups in total. The highest BCUT2D eigenvalue weighted by Crippen LogP contribution is 2.29. The third-order valence-electron chi connectivity index (χ3n) is 5.75. The van der Waals surface area contributed by atoms with Gasteiger partial charge in [0, 0.05) is 41.8 Å². The van der Waals surface area contributed by atoms with Gasteiger partial charge in [0.2, 0.25) is 0 Å². The maximum Gasteiger partial charge on any atom is 0.340 e. The summed E-state index contributed by atoms with van der Waals surface area (Å²) in [5.41, 5.74) is 3.45. The lowest BCUT2D eigenvalue weighted by Gasteiger charge is -2.27. The van der Waals surface area contributed by atoms with Gasteiger partial charge in [-0.3, -0.25) is 9.78 Å². The highest BCUT2D eigenvalue weighted by Gasteiger charge is 2.28. The second kappa shape index (κ2) is 9.38. The molecule has 0 aliphatic carbocycles. The van der Waals surface area contributed by atoms with Gasteiger partial charge in [0.05, 0.1) is 16.6 Å². The van der Waals surface area contributed by atoms with Gasteiger partial charge >= 0.3 is 11.9 Å². The van der Waals surface area contributed by atoms with Gasteiger partial charge in [0.15, 0.2) is 6.10 Å². The molecule has 1 unspecified atom stereocenters. The number of amides is 1. The standard InChI is InChI=1S/C25H25N3O5/c1-3-21(23(29)26-16-10-8-15(9-11-16)24(30)31)33-25(32)22-17-6-4-5-7-19(17)27-20-12-13-28(2)14-18(20)22/h4-11,21H,3,12-14H2,1-2H3,(H,26,29)(H,30,31). The smallest absolute Gasteiger partial charge is 0.340 e. The Kier molecular flexibility index (Phi) is 6.37. The number of hydrogen-bond acceptors (Lipinski definition) is 6. The van der Waals surface area contributed by atoms with E-state index < -0.39 is 23.9 Å². The maximum absolute atomic E-state index is 13.4. The molecule has 0 saturated heterocycles. The number of carbonyl (C=O) groups excluding carboxylic acids is 2. The molecule has 0 bridgehead atoms. The topological polar surface area (TPSA) is 109 Å². The van der Waals surface area contributed by atoms with Crippen molar-refractivity contribution in [2.45, 2.75) is 32.4 Å². The molecule has 170 valence electrons. The van der Waals surface area contributed by atoms with Gasteiger partial charge in [0.25, 0.3) is 5.91 Å². The van der Waals surface area contributed by atoms with Crippen LogP contribution in [0.4, 0.5) is 5.69 Å². The van der Waals surface area contributed by atoms with Crippen molar-refractivity contribution >= 4 is 34.4 Å². The molecule has 2 aromatic carbocycles. The average molecular weight is 447 g/mol. The Morgan fingerprint density at radius 3 is 2.58 bits per heavy atom. The number of carbonyl (C=O) groups is 3. The van der Waals surface area contributed by atoms with E-state index >= 15 is 0 Å². The van der Waals surface area contributed by atoms with Crippen molar-refractivity contribution in [2.24, 2.45) is 0 Å². The van der Waals surface area contributed by atoms with Crippen LogP contribution in [0.3, 0.4) is 0 Å². The van der Waals surface area contributed by atoms with E-state index in [0.29, 0.717) is 23.2 Å². The minimum absolute atomic E-state index is 0.116. The number of hydrogen-bond donors (Lipinski definition) is 2. The summed E-state index contributed by atoms with van der Waals surface area (Å²) in [7, 11) is 1.99. The summed E-state index contributed by atoms with van der Waals surface area (Å²) in [5, 5.41) is 12.4. The van der Waals surface area contributed by atoms with E-state index in [-0.39, 0.29) is 12.0 Å². The number of aromatic carboxylic acids is 1. The first kappa shape index (κ1) is 22.4. The van der Waals surface area contributed by atoms with E-state index in [0.717, 1.165) is 29.7 Å². The van der Waals surface area contributed by atoms with Crippen molar-refractivity contribution < 1.29 is 24.2 Å². The molecular formula is C25H25N3O5. The Hall–Kier alpha value is -3.78. The number of benzene rings is 2. The third-order valence-corrected chi connectivity index (χ3v) is 5.75. The molecule has 8 heteroatoms. The van der Waals surface area contributed by atoms with Crippen molar-refractivity contribution in [3.05, 3.63) is 70.9 Å². The Labute approximate surface area is 191 Å². The molecule has 2 heterocycles. The van der Waals surface area contributed by atoms with Crippen molar-refractivity contribution in [1.82, 2.24) is 9.88 Å². The van der Waals surface area contributed by atoms with Crippen molar-refractivity contribution in [3.63, 3.8) is 0 Å². The lowest BCUT2D eigenvalue weighted by molar-refractivity contribution is -0.124. The summed E-state index contributed by atoms with van der Waals surface area (Å²) in [6, 6.07) is 13.2. The van der Waals surface area contributed by atoms with Crippen LogP contribution in [-0.2, 0) is 22.5 Å². The summed E-state index contributed by atoms with van der Waals surface area (Å²) < 4.78 is 5.70. The molecule has 0 spiro atoms. The predicted octanol–water partition coefficient (Wildman–Crippen LogP) is 3.50. The zero-order valence-electron chi connectivity index (χ0n) is 18.5. The number of fused-ring (bicyclic) bond motifs is 2. The summed E-state index contributed by atoms with van der Waals surface area (Å²) in [6.07, 6.45) is 0.0252. The van der Waals surface area contributed by atoms with E-state index in [1.807, 2.05) is 31.3 Å². The Balaban J connectivity index is 1.59. The first-order valence-corrected chi connectivity index (χ1v) is 10.8. The molecule has 1 atom stereocenters. The number of nitrogens with zero attached hydrogens (tertiary/aromatic N) is 2. The van der Waals surface area contributed by atoms with Crippen molar-refractivity contribution in [1.29, 1.82) is 0 Å². The molecule has 1 aliphatic rings. The van der Waals surface area contributed by atoms with Gasteiger partial charge in [-0.05, 0) is 43.8 Å². The first-order valence-electron chi connectivity index (χ1n) is 10.8. The SMILES string of the molecule is CCC(OC(=O)c1c2c(nc3ccccc13)CCN(C)C2)C(=O)Nc1ccc(C(=O)O)cc1. The average Bonchev–Trinajstić information content (AvgIpc) is 2.81. The zero-order valence-corrected chi connectivity index (χ0v) is 18.5. The number of para-hydroxylation sites is 1. The predicted molar refractivity (Wildman–Crippen MR) is 123 cm³/mol. The highest BCUT2D eigenvalue weighted by molar-refractivity contribution is 6.06. The van der Waals surface area contributed by atoms with Crippen LogP contribution in [0.5, 0.6) is 0 Å². The van der Waals surface area contributed by atoms with Gasteiger partial charge in [-0.15, -0.1) is 0 Å². The van der Waals surface area contributed by atoms with E-state index in [9.17, 15) is 14.4 Å². The molecule has 1 amide bonds. The zero-order chi connectivity index (χ0) is 23.5. The van der Waals surface area contributed by atoms with Gasteiger partial charge in [-0.25, -0.2) is 9.59 Å². The Morgan fingerprint density at radius 1 is 1.15 bits per heavy atom. The Bertz CT molecular complexity index is 1220. The van der Waals surface area contributed by atoms with Gasteiger partial charge < -0.3 is 20.1 Å². The lowest BCUT2D eigenvalue weighted by atomic mass is 9.96. The summed E-state index contributed by atoms with van der Waals surface area (Å²) in [6.45, 7) is 3.20. The molecule has 0 saturated carbocycles. The van der Waals surface area contributed by atoms with Crippen LogP contribution in [-0.4, -0.2) is 52.5 Å². The maximum atomic E-state index is 13.4. The van der Waals surface area contributed by atoms with E-state index in [1.54, 1.807) is 6.92 Å². The number of carboxylic acid groups (broad SMARTS) is 1. The van der Waals surface area contributed by atoms with Crippen LogP contribution in [0, 0.1) is 0 Å². The first-order chi connectivity index (χ1) is 15.9. The van der Waals surface area contributed by atoms with Crippen LogP contribution in [0.25, 0.3) is 10.9 Å². The fourth-order valence-corrected chi connectivity index (χ4v) is 3.99. The van der Waals surface area contributed by atoms with E-state index in [1.165, 1.54) is 24.3 Å². The molecular weight excluding hydrogens is 422 g/mol. The number of ether oxygens (including phenoxy) is 1. The van der Waals surface area contributed by atoms with Gasteiger partial charge in [-0.2, -0.15) is 0 Å². The van der Waals surface area contributed by atoms with Crippen molar-refractivity contribution in [3.8, 4) is 0 Å². The highest BCUT2D eigenvalue weighted by atomic mass is 16.5. The molecule has 8 nitrogen and oxygen atoms in total. The molecule has 3 aromatic rings. The molecule has 0 fully saturated rings. The number of pyridine rings is 1. The second-order valence-electron chi connectivity index (χ2n) is 8.09. The minimum atomic E-state index is -1.05. The lowest BCUT2D eigenvalue weighted by Crippen LogP contribution is -2.34. The molecule has 4 rings (SSSR count). The van der Waals surface area contributed by atoms with Crippen LogP contribution >= 0.6 is 0 Å².